The van der Waals surface area contributed by atoms with Crippen molar-refractivity contribution in [3.05, 3.63) is 66.0 Å². The minimum absolute atomic E-state index is 0.0212. The Labute approximate surface area is 270 Å². The van der Waals surface area contributed by atoms with Gasteiger partial charge in [-0.15, -0.1) is 0 Å². The summed E-state index contributed by atoms with van der Waals surface area (Å²) in [6.45, 7) is 5.45. The van der Waals surface area contributed by atoms with E-state index in [2.05, 4.69) is 33.2 Å². The van der Waals surface area contributed by atoms with Crippen LogP contribution in [0.1, 0.15) is 56.6 Å². The number of carbonyl (C=O) groups excluding carboxylic acids is 2. The van der Waals surface area contributed by atoms with Crippen LogP contribution in [0.5, 0.6) is 0 Å². The Morgan fingerprint density at radius 1 is 1.09 bits per heavy atom. The van der Waals surface area contributed by atoms with Crippen LogP contribution in [0.25, 0.3) is 17.0 Å². The fraction of sp³-hybridized carbons (Fsp3) is 0.472. The Morgan fingerprint density at radius 2 is 1.87 bits per heavy atom. The molecular formula is C36H44N8O2. The molecule has 5 aliphatic rings. The van der Waals surface area contributed by atoms with Gasteiger partial charge < -0.3 is 20.9 Å². The van der Waals surface area contributed by atoms with Gasteiger partial charge in [0.2, 0.25) is 11.8 Å². The molecule has 3 saturated carbocycles. The predicted octanol–water partition coefficient (Wildman–Crippen LogP) is 4.61. The van der Waals surface area contributed by atoms with Crippen molar-refractivity contribution in [2.45, 2.75) is 45.4 Å². The molecule has 2 aliphatic heterocycles. The highest BCUT2D eigenvalue weighted by Crippen LogP contribution is 2.60. The van der Waals surface area contributed by atoms with Crippen LogP contribution in [0.2, 0.25) is 0 Å². The van der Waals surface area contributed by atoms with E-state index in [1.165, 1.54) is 12.0 Å². The highest BCUT2D eigenvalue weighted by Gasteiger charge is 2.53. The lowest BCUT2D eigenvalue weighted by Crippen LogP contribution is -2.42. The van der Waals surface area contributed by atoms with Crippen molar-refractivity contribution in [1.29, 1.82) is 5.41 Å². The van der Waals surface area contributed by atoms with Gasteiger partial charge >= 0.3 is 0 Å². The number of hydrogen-bond donors (Lipinski definition) is 2. The molecule has 3 heterocycles. The van der Waals surface area contributed by atoms with Gasteiger partial charge in [0.15, 0.2) is 5.82 Å². The van der Waals surface area contributed by atoms with E-state index in [-0.39, 0.29) is 23.1 Å². The van der Waals surface area contributed by atoms with Gasteiger partial charge in [-0.2, -0.15) is 5.10 Å². The first-order chi connectivity index (χ1) is 22.2. The van der Waals surface area contributed by atoms with Crippen LogP contribution >= 0.6 is 0 Å². The third-order valence-corrected chi connectivity index (χ3v) is 10.8. The van der Waals surface area contributed by atoms with Crippen molar-refractivity contribution in [2.24, 2.45) is 24.3 Å². The van der Waals surface area contributed by atoms with Crippen molar-refractivity contribution in [3.8, 4) is 11.4 Å². The lowest BCUT2D eigenvalue weighted by molar-refractivity contribution is -0.132. The molecule has 1 saturated heterocycles. The van der Waals surface area contributed by atoms with Gasteiger partial charge in [0, 0.05) is 66.9 Å². The number of hydrogen-bond acceptors (Lipinski definition) is 7. The second-order valence-electron chi connectivity index (χ2n) is 13.7. The number of aromatic nitrogens is 3. The number of anilines is 2. The summed E-state index contributed by atoms with van der Waals surface area (Å²) in [5.41, 5.74) is 12.6. The first kappa shape index (κ1) is 30.3. The Bertz CT molecular complexity index is 1680. The maximum Gasteiger partial charge on any atom is 0.237 e. The van der Waals surface area contributed by atoms with Gasteiger partial charge in [0.1, 0.15) is 6.33 Å². The van der Waals surface area contributed by atoms with Gasteiger partial charge in [-0.1, -0.05) is 30.3 Å². The SMILES string of the molecule is CCN(C(=O)[C@@H]1CCN(CC(=O)N2CC=C(c3ccc(-c4ncn(C)n4)cc3)CC2)C1)c1ccc(N)c(C(=N)C23CCC(C2)C3)c1. The maximum absolute atomic E-state index is 13.8. The summed E-state index contributed by atoms with van der Waals surface area (Å²) in [6.07, 6.45) is 9.86. The van der Waals surface area contributed by atoms with E-state index in [4.69, 9.17) is 11.1 Å². The first-order valence-corrected chi connectivity index (χ1v) is 16.7. The molecule has 10 heteroatoms. The number of fused-ring (bicyclic) bond motifs is 1. The molecule has 1 aromatic heterocycles. The van der Waals surface area contributed by atoms with Crippen molar-refractivity contribution in [3.63, 3.8) is 0 Å². The predicted molar refractivity (Wildman–Crippen MR) is 180 cm³/mol. The Kier molecular flexibility index (Phi) is 8.00. The summed E-state index contributed by atoms with van der Waals surface area (Å²) in [5, 5.41) is 13.4. The molecular weight excluding hydrogens is 576 g/mol. The molecule has 2 bridgehead atoms. The van der Waals surface area contributed by atoms with Crippen LogP contribution in [0.4, 0.5) is 11.4 Å². The largest absolute Gasteiger partial charge is 0.398 e. The quantitative estimate of drug-likeness (QED) is 0.266. The molecule has 8 rings (SSSR count). The molecule has 2 amide bonds. The highest BCUT2D eigenvalue weighted by molar-refractivity contribution is 6.08. The molecule has 0 unspecified atom stereocenters. The minimum Gasteiger partial charge on any atom is -0.398 e. The third-order valence-electron chi connectivity index (χ3n) is 10.8. The van der Waals surface area contributed by atoms with E-state index >= 15 is 0 Å². The summed E-state index contributed by atoms with van der Waals surface area (Å²) >= 11 is 0. The zero-order valence-electron chi connectivity index (χ0n) is 26.9. The number of likely N-dealkylation sites (tertiary alicyclic amines) is 1. The van der Waals surface area contributed by atoms with E-state index in [1.54, 1.807) is 11.0 Å². The molecule has 46 heavy (non-hydrogen) atoms. The van der Waals surface area contributed by atoms with Crippen molar-refractivity contribution in [1.82, 2.24) is 24.6 Å². The smallest absolute Gasteiger partial charge is 0.237 e. The summed E-state index contributed by atoms with van der Waals surface area (Å²) in [4.78, 5) is 37.3. The van der Waals surface area contributed by atoms with Crippen LogP contribution in [0, 0.1) is 22.7 Å². The monoisotopic (exact) mass is 620 g/mol. The highest BCUT2D eigenvalue weighted by atomic mass is 16.2. The van der Waals surface area contributed by atoms with E-state index in [0.29, 0.717) is 49.9 Å². The molecule has 3 N–H and O–H groups in total. The van der Waals surface area contributed by atoms with Crippen LogP contribution in [-0.2, 0) is 16.6 Å². The molecule has 10 nitrogen and oxygen atoms in total. The molecule has 3 aromatic rings. The average molecular weight is 621 g/mol. The van der Waals surface area contributed by atoms with Gasteiger partial charge in [0.25, 0.3) is 0 Å². The standard InChI is InChI=1S/C36H44N8O2/c1-3-44(29-8-9-31(37)30(18-29)33(38)36-14-10-24(19-36)20-36)35(46)28-11-15-42(21-28)22-32(45)43-16-12-26(13-17-43)25-4-6-27(7-5-25)34-39-23-41(2)40-34/h4-9,12,18,23-24,28,38H,3,10-11,13-17,19-22,37H2,1-2H3/t24?,28-,36?/m1/s1. The number of benzene rings is 2. The molecule has 4 fully saturated rings. The first-order valence-electron chi connectivity index (χ1n) is 16.7. The van der Waals surface area contributed by atoms with Gasteiger partial charge in [-0.3, -0.25) is 19.2 Å². The number of rotatable bonds is 9. The lowest BCUT2D eigenvalue weighted by Gasteiger charge is -2.39. The van der Waals surface area contributed by atoms with E-state index in [0.717, 1.165) is 66.9 Å². The number of carbonyl (C=O) groups is 2. The molecule has 2 aromatic carbocycles. The normalized spacial score (nSPS) is 24.0. The van der Waals surface area contributed by atoms with Crippen molar-refractivity contribution >= 4 is 34.5 Å². The fourth-order valence-corrected chi connectivity index (χ4v) is 8.10. The molecule has 1 atom stereocenters. The zero-order valence-corrected chi connectivity index (χ0v) is 26.9. The summed E-state index contributed by atoms with van der Waals surface area (Å²) < 4.78 is 1.70. The van der Waals surface area contributed by atoms with Crippen LogP contribution in [0.3, 0.4) is 0 Å². The molecule has 0 radical (unpaired) electrons. The Morgan fingerprint density at radius 3 is 2.52 bits per heavy atom. The number of nitrogen functional groups attached to an aromatic ring is 1. The van der Waals surface area contributed by atoms with E-state index in [9.17, 15) is 9.59 Å². The van der Waals surface area contributed by atoms with Gasteiger partial charge in [-0.25, -0.2) is 4.98 Å². The van der Waals surface area contributed by atoms with Crippen molar-refractivity contribution < 1.29 is 9.59 Å². The number of nitrogens with one attached hydrogen (secondary N) is 1. The molecule has 0 spiro atoms. The third kappa shape index (κ3) is 5.63. The average Bonchev–Trinajstić information content (AvgIpc) is 3.87. The van der Waals surface area contributed by atoms with E-state index in [1.807, 2.05) is 54.1 Å². The Balaban J connectivity index is 0.935. The summed E-state index contributed by atoms with van der Waals surface area (Å²) in [5.74, 6) is 1.50. The second kappa shape index (κ2) is 12.1. The maximum atomic E-state index is 13.8. The second-order valence-corrected chi connectivity index (χ2v) is 13.7. The van der Waals surface area contributed by atoms with Crippen molar-refractivity contribution in [2.75, 3.05) is 49.9 Å². The fourth-order valence-electron chi connectivity index (χ4n) is 8.10. The topological polar surface area (TPSA) is 124 Å². The molecule has 3 aliphatic carbocycles. The molecule has 240 valence electrons. The van der Waals surface area contributed by atoms with Crippen LogP contribution < -0.4 is 10.6 Å². The number of nitrogens with zero attached hydrogens (tertiary/aromatic N) is 6. The van der Waals surface area contributed by atoms with Gasteiger partial charge in [0.05, 0.1) is 12.5 Å². The zero-order chi connectivity index (χ0) is 32.0. The van der Waals surface area contributed by atoms with E-state index < -0.39 is 0 Å². The Hall–Kier alpha value is -4.31. The minimum atomic E-state index is -0.161. The number of nitrogens with two attached hydrogens (primary N) is 1. The summed E-state index contributed by atoms with van der Waals surface area (Å²) in [7, 11) is 1.86. The van der Waals surface area contributed by atoms with Gasteiger partial charge in [-0.05, 0) is 87.2 Å². The lowest BCUT2D eigenvalue weighted by atomic mass is 9.65. The summed E-state index contributed by atoms with van der Waals surface area (Å²) in [6, 6.07) is 14.0. The van der Waals surface area contributed by atoms with Crippen LogP contribution in [0.15, 0.2) is 54.9 Å². The van der Waals surface area contributed by atoms with Crippen LogP contribution in [-0.4, -0.2) is 81.4 Å². The number of amides is 2. The number of aryl methyl sites for hydroxylation is 1.